The molecular weight excluding hydrogens is 376 g/mol. The van der Waals surface area contributed by atoms with E-state index in [2.05, 4.69) is 29.6 Å². The van der Waals surface area contributed by atoms with Crippen LogP contribution in [0.5, 0.6) is 0 Å². The summed E-state index contributed by atoms with van der Waals surface area (Å²) in [6.45, 7) is 0.903. The van der Waals surface area contributed by atoms with Crippen LogP contribution in [-0.2, 0) is 16.0 Å². The van der Waals surface area contributed by atoms with E-state index in [0.717, 1.165) is 37.9 Å². The van der Waals surface area contributed by atoms with Crippen molar-refractivity contribution in [1.82, 2.24) is 5.32 Å². The molecule has 2 N–H and O–H groups in total. The van der Waals surface area contributed by atoms with Gasteiger partial charge in [-0.25, -0.2) is 0 Å². The molecular formula is C25H32N2O3. The van der Waals surface area contributed by atoms with Gasteiger partial charge in [-0.3, -0.25) is 9.59 Å². The van der Waals surface area contributed by atoms with Crippen molar-refractivity contribution in [3.05, 3.63) is 66.2 Å². The number of carbonyl (C=O) groups excluding carboxylic acids is 1. The van der Waals surface area contributed by atoms with Gasteiger partial charge in [0.1, 0.15) is 0 Å². The Bertz CT molecular complexity index is 795. The third kappa shape index (κ3) is 6.70. The average molecular weight is 409 g/mol. The highest BCUT2D eigenvalue weighted by Gasteiger charge is 2.30. The van der Waals surface area contributed by atoms with Crippen LogP contribution in [0.2, 0.25) is 0 Å². The Hall–Kier alpha value is -2.66. The molecule has 2 unspecified atom stereocenters. The van der Waals surface area contributed by atoms with Crippen molar-refractivity contribution in [3.8, 4) is 0 Å². The van der Waals surface area contributed by atoms with Crippen LogP contribution in [0.15, 0.2) is 60.7 Å². The summed E-state index contributed by atoms with van der Waals surface area (Å²) in [4.78, 5) is 25.8. The monoisotopic (exact) mass is 408 g/mol. The number of aliphatic carboxylic acids is 1. The molecule has 1 saturated heterocycles. The first kappa shape index (κ1) is 22.0. The van der Waals surface area contributed by atoms with Crippen LogP contribution in [0.25, 0.3) is 0 Å². The number of nitrogens with zero attached hydrogens (tertiary/aromatic N) is 1. The molecule has 0 aliphatic carbocycles. The summed E-state index contributed by atoms with van der Waals surface area (Å²) in [7, 11) is 0. The van der Waals surface area contributed by atoms with Crippen LogP contribution in [0.4, 0.5) is 5.69 Å². The molecule has 3 rings (SSSR count). The summed E-state index contributed by atoms with van der Waals surface area (Å²) in [6, 6.07) is 21.0. The lowest BCUT2D eigenvalue weighted by atomic mass is 9.92. The van der Waals surface area contributed by atoms with Gasteiger partial charge >= 0.3 is 5.97 Å². The second kappa shape index (κ2) is 11.5. The van der Waals surface area contributed by atoms with Crippen molar-refractivity contribution >= 4 is 17.6 Å². The van der Waals surface area contributed by atoms with Crippen LogP contribution in [-0.4, -0.2) is 35.6 Å². The van der Waals surface area contributed by atoms with Crippen molar-refractivity contribution in [2.24, 2.45) is 0 Å². The predicted octanol–water partition coefficient (Wildman–Crippen LogP) is 4.42. The standard InChI is InChI=1S/C25H32N2O3/c28-24(13-7-8-14-25(29)30)27(22-11-5-2-6-12-22)23-17-18-26-21(19-23)16-15-20-9-3-1-4-10-20/h1-6,9-12,21,23,26H,7-8,13-19H2,(H,29,30). The number of carbonyl (C=O) groups is 2. The van der Waals surface area contributed by atoms with Crippen LogP contribution >= 0.6 is 0 Å². The van der Waals surface area contributed by atoms with Crippen LogP contribution in [0.3, 0.4) is 0 Å². The van der Waals surface area contributed by atoms with Gasteiger partial charge < -0.3 is 15.3 Å². The highest BCUT2D eigenvalue weighted by atomic mass is 16.4. The van der Waals surface area contributed by atoms with Crippen molar-refractivity contribution in [3.63, 3.8) is 0 Å². The van der Waals surface area contributed by atoms with E-state index < -0.39 is 5.97 Å². The lowest BCUT2D eigenvalue weighted by Gasteiger charge is -2.38. The Morgan fingerprint density at radius 3 is 2.33 bits per heavy atom. The van der Waals surface area contributed by atoms with E-state index in [4.69, 9.17) is 5.11 Å². The highest BCUT2D eigenvalue weighted by Crippen LogP contribution is 2.26. The minimum Gasteiger partial charge on any atom is -0.481 e. The number of carboxylic acid groups (broad SMARTS) is 1. The molecule has 2 aromatic carbocycles. The zero-order chi connectivity index (χ0) is 21.2. The van der Waals surface area contributed by atoms with Gasteiger partial charge in [0.2, 0.25) is 5.91 Å². The third-order valence-electron chi connectivity index (χ3n) is 5.79. The number of hydrogen-bond donors (Lipinski definition) is 2. The molecule has 0 saturated carbocycles. The van der Waals surface area contributed by atoms with E-state index >= 15 is 0 Å². The SMILES string of the molecule is O=C(O)CCCCC(=O)N(c1ccccc1)C1CCNC(CCc2ccccc2)C1. The third-order valence-corrected chi connectivity index (χ3v) is 5.79. The Morgan fingerprint density at radius 1 is 0.967 bits per heavy atom. The summed E-state index contributed by atoms with van der Waals surface area (Å²) in [5, 5.41) is 12.5. The first-order valence-electron chi connectivity index (χ1n) is 11.0. The zero-order valence-electron chi connectivity index (χ0n) is 17.5. The summed E-state index contributed by atoms with van der Waals surface area (Å²) in [5.74, 6) is -0.706. The van der Waals surface area contributed by atoms with Crippen LogP contribution in [0, 0.1) is 0 Å². The van der Waals surface area contributed by atoms with Gasteiger partial charge in [-0.15, -0.1) is 0 Å². The van der Waals surface area contributed by atoms with Crippen molar-refractivity contribution in [2.45, 2.75) is 63.5 Å². The van der Waals surface area contributed by atoms with E-state index in [1.165, 1.54) is 5.56 Å². The first-order chi connectivity index (χ1) is 14.6. The maximum atomic E-state index is 13.1. The summed E-state index contributed by atoms with van der Waals surface area (Å²) < 4.78 is 0. The fraction of sp³-hybridized carbons (Fsp3) is 0.440. The number of anilines is 1. The van der Waals surface area contributed by atoms with Crippen molar-refractivity contribution < 1.29 is 14.7 Å². The molecule has 0 aromatic heterocycles. The normalized spacial score (nSPS) is 18.7. The fourth-order valence-corrected chi connectivity index (χ4v) is 4.24. The number of aryl methyl sites for hydroxylation is 1. The van der Waals surface area contributed by atoms with E-state index in [9.17, 15) is 9.59 Å². The quantitative estimate of drug-likeness (QED) is 0.571. The van der Waals surface area contributed by atoms with Gasteiger partial charge in [0.25, 0.3) is 0 Å². The Morgan fingerprint density at radius 2 is 1.63 bits per heavy atom. The lowest BCUT2D eigenvalue weighted by Crippen LogP contribution is -2.50. The number of rotatable bonds is 10. The van der Waals surface area contributed by atoms with Gasteiger partial charge in [-0.05, 0) is 62.8 Å². The van der Waals surface area contributed by atoms with E-state index in [1.54, 1.807) is 0 Å². The van der Waals surface area contributed by atoms with E-state index in [-0.39, 0.29) is 18.4 Å². The number of hydrogen-bond acceptors (Lipinski definition) is 3. The molecule has 5 nitrogen and oxygen atoms in total. The van der Waals surface area contributed by atoms with Gasteiger partial charge in [-0.1, -0.05) is 48.5 Å². The second-order valence-corrected chi connectivity index (χ2v) is 8.05. The fourth-order valence-electron chi connectivity index (χ4n) is 4.24. The number of unbranched alkanes of at least 4 members (excludes halogenated alkanes) is 1. The number of piperidine rings is 1. The number of nitrogens with one attached hydrogen (secondary N) is 1. The molecule has 1 amide bonds. The molecule has 2 aromatic rings. The Balaban J connectivity index is 1.63. The number of para-hydroxylation sites is 1. The van der Waals surface area contributed by atoms with E-state index in [1.807, 2.05) is 41.3 Å². The van der Waals surface area contributed by atoms with Gasteiger partial charge in [-0.2, -0.15) is 0 Å². The van der Waals surface area contributed by atoms with Gasteiger partial charge in [0.05, 0.1) is 0 Å². The minimum absolute atomic E-state index is 0.0975. The highest BCUT2D eigenvalue weighted by molar-refractivity contribution is 5.94. The molecule has 2 atom stereocenters. The molecule has 0 radical (unpaired) electrons. The molecule has 1 aliphatic rings. The zero-order valence-corrected chi connectivity index (χ0v) is 17.5. The number of amides is 1. The molecule has 1 aliphatic heterocycles. The molecule has 5 heteroatoms. The summed E-state index contributed by atoms with van der Waals surface area (Å²) in [6.07, 6.45) is 5.59. The smallest absolute Gasteiger partial charge is 0.303 e. The van der Waals surface area contributed by atoms with E-state index in [0.29, 0.717) is 25.3 Å². The Kier molecular flexibility index (Phi) is 8.45. The maximum absolute atomic E-state index is 13.1. The molecule has 1 heterocycles. The largest absolute Gasteiger partial charge is 0.481 e. The summed E-state index contributed by atoms with van der Waals surface area (Å²) in [5.41, 5.74) is 2.28. The van der Waals surface area contributed by atoms with Gasteiger partial charge in [0, 0.05) is 30.6 Å². The second-order valence-electron chi connectivity index (χ2n) is 8.05. The lowest BCUT2D eigenvalue weighted by molar-refractivity contribution is -0.137. The minimum atomic E-state index is -0.804. The molecule has 0 spiro atoms. The topological polar surface area (TPSA) is 69.6 Å². The van der Waals surface area contributed by atoms with Crippen LogP contribution in [0.1, 0.15) is 50.5 Å². The average Bonchev–Trinajstić information content (AvgIpc) is 2.77. The molecule has 160 valence electrons. The van der Waals surface area contributed by atoms with Crippen molar-refractivity contribution in [2.75, 3.05) is 11.4 Å². The molecule has 1 fully saturated rings. The predicted molar refractivity (Wildman–Crippen MR) is 120 cm³/mol. The molecule has 30 heavy (non-hydrogen) atoms. The van der Waals surface area contributed by atoms with Gasteiger partial charge in [0.15, 0.2) is 0 Å². The number of carboxylic acids is 1. The number of benzene rings is 2. The van der Waals surface area contributed by atoms with Crippen molar-refractivity contribution in [1.29, 1.82) is 0 Å². The maximum Gasteiger partial charge on any atom is 0.303 e. The van der Waals surface area contributed by atoms with Crippen LogP contribution < -0.4 is 10.2 Å². The molecule has 0 bridgehead atoms. The Labute approximate surface area is 179 Å². The summed E-state index contributed by atoms with van der Waals surface area (Å²) >= 11 is 0. The first-order valence-corrected chi connectivity index (χ1v) is 11.0.